The molecule has 1 atom stereocenters. The summed E-state index contributed by atoms with van der Waals surface area (Å²) in [5.74, 6) is 0.634. The molecule has 16 heavy (non-hydrogen) atoms. The van der Waals surface area contributed by atoms with E-state index in [9.17, 15) is 0 Å². The lowest BCUT2D eigenvalue weighted by atomic mass is 9.91. The molecule has 0 aromatic heterocycles. The molecule has 90 valence electrons. The fourth-order valence-electron chi connectivity index (χ4n) is 2.05. The predicted octanol–water partition coefficient (Wildman–Crippen LogP) is 5.73. The number of benzene rings is 1. The van der Waals surface area contributed by atoms with E-state index in [2.05, 4.69) is 64.8 Å². The van der Waals surface area contributed by atoms with Gasteiger partial charge in [0.2, 0.25) is 0 Å². The van der Waals surface area contributed by atoms with Crippen molar-refractivity contribution in [1.82, 2.24) is 0 Å². The van der Waals surface area contributed by atoms with Crippen molar-refractivity contribution in [1.29, 1.82) is 0 Å². The predicted molar refractivity (Wildman–Crippen MR) is 79.7 cm³/mol. The Morgan fingerprint density at radius 3 is 2.38 bits per heavy atom. The topological polar surface area (TPSA) is 0 Å². The first-order chi connectivity index (χ1) is 7.61. The third kappa shape index (κ3) is 3.33. The first-order valence-electron chi connectivity index (χ1n) is 5.93. The lowest BCUT2D eigenvalue weighted by molar-refractivity contribution is 0.628. The molecule has 1 aromatic rings. The van der Waals surface area contributed by atoms with E-state index in [0.717, 1.165) is 5.33 Å². The second-order valence-corrected chi connectivity index (χ2v) is 5.86. The molecule has 0 aliphatic carbocycles. The molecule has 2 heteroatoms. The highest BCUT2D eigenvalue weighted by Gasteiger charge is 2.16. The van der Waals surface area contributed by atoms with Gasteiger partial charge in [0.15, 0.2) is 0 Å². The van der Waals surface area contributed by atoms with E-state index in [4.69, 9.17) is 0 Å². The van der Waals surface area contributed by atoms with E-state index in [-0.39, 0.29) is 0 Å². The molecule has 0 aliphatic rings. The van der Waals surface area contributed by atoms with Crippen molar-refractivity contribution in [2.45, 2.75) is 46.0 Å². The van der Waals surface area contributed by atoms with Crippen LogP contribution >= 0.6 is 31.9 Å². The Morgan fingerprint density at radius 1 is 1.19 bits per heavy atom. The molecule has 1 unspecified atom stereocenters. The van der Waals surface area contributed by atoms with Crippen molar-refractivity contribution in [3.05, 3.63) is 33.3 Å². The van der Waals surface area contributed by atoms with E-state index in [0.29, 0.717) is 5.92 Å². The Morgan fingerprint density at radius 2 is 1.81 bits per heavy atom. The third-order valence-electron chi connectivity index (χ3n) is 3.09. The summed E-state index contributed by atoms with van der Waals surface area (Å²) in [4.78, 5) is 0. The summed E-state index contributed by atoms with van der Waals surface area (Å²) in [6.45, 7) is 6.63. The normalized spacial score (nSPS) is 12.8. The monoisotopic (exact) mass is 346 g/mol. The molecule has 0 aliphatic heterocycles. The first-order valence-corrected chi connectivity index (χ1v) is 7.84. The summed E-state index contributed by atoms with van der Waals surface area (Å²) in [6, 6.07) is 4.42. The Bertz CT molecular complexity index is 345. The van der Waals surface area contributed by atoms with Crippen molar-refractivity contribution < 1.29 is 0 Å². The summed E-state index contributed by atoms with van der Waals surface area (Å²) < 4.78 is 1.30. The second kappa shape index (κ2) is 6.80. The van der Waals surface area contributed by atoms with Crippen LogP contribution in [0.15, 0.2) is 16.6 Å². The molecule has 0 heterocycles. The lowest BCUT2D eigenvalue weighted by Crippen LogP contribution is -2.05. The van der Waals surface area contributed by atoms with E-state index >= 15 is 0 Å². The standard InChI is InChI=1S/C14H20Br2/c1-4-5-6-12(9-15)13-10(2)7-8-11(3)14(13)16/h7-8,12H,4-6,9H2,1-3H3. The van der Waals surface area contributed by atoms with Crippen LogP contribution < -0.4 is 0 Å². The number of unbranched alkanes of at least 4 members (excludes halogenated alkanes) is 1. The largest absolute Gasteiger partial charge is 0.0921 e. The molecule has 0 nitrogen and oxygen atoms in total. The van der Waals surface area contributed by atoms with Crippen LogP contribution in [0.3, 0.4) is 0 Å². The molecule has 0 saturated heterocycles. The molecule has 0 amide bonds. The van der Waals surface area contributed by atoms with Gasteiger partial charge in [0.1, 0.15) is 0 Å². The van der Waals surface area contributed by atoms with Crippen molar-refractivity contribution in [3.63, 3.8) is 0 Å². The summed E-state index contributed by atoms with van der Waals surface area (Å²) in [5, 5.41) is 1.05. The van der Waals surface area contributed by atoms with Gasteiger partial charge in [0, 0.05) is 9.80 Å². The van der Waals surface area contributed by atoms with Crippen LogP contribution in [0, 0.1) is 13.8 Å². The molecular weight excluding hydrogens is 328 g/mol. The van der Waals surface area contributed by atoms with Gasteiger partial charge in [-0.3, -0.25) is 0 Å². The van der Waals surface area contributed by atoms with E-state index < -0.39 is 0 Å². The minimum atomic E-state index is 0.634. The van der Waals surface area contributed by atoms with Gasteiger partial charge in [-0.1, -0.05) is 63.8 Å². The molecular formula is C14H20Br2. The molecule has 0 bridgehead atoms. The maximum Gasteiger partial charge on any atom is 0.0242 e. The molecule has 0 fully saturated rings. The minimum absolute atomic E-state index is 0.634. The summed E-state index contributed by atoms with van der Waals surface area (Å²) in [7, 11) is 0. The average Bonchev–Trinajstić information content (AvgIpc) is 2.28. The first kappa shape index (κ1) is 14.2. The Kier molecular flexibility index (Phi) is 6.06. The summed E-state index contributed by atoms with van der Waals surface area (Å²) >= 11 is 7.40. The van der Waals surface area contributed by atoms with E-state index in [1.54, 1.807) is 0 Å². The number of hydrogen-bond acceptors (Lipinski definition) is 0. The molecule has 1 rings (SSSR count). The summed E-state index contributed by atoms with van der Waals surface area (Å²) in [6.07, 6.45) is 3.84. The van der Waals surface area contributed by atoms with E-state index in [1.165, 1.54) is 40.4 Å². The second-order valence-electron chi connectivity index (χ2n) is 4.42. The van der Waals surface area contributed by atoms with Crippen LogP contribution in [0.1, 0.15) is 48.8 Å². The molecule has 0 radical (unpaired) electrons. The Hall–Kier alpha value is 0.180. The molecule has 1 aromatic carbocycles. The quantitative estimate of drug-likeness (QED) is 0.596. The molecule has 0 spiro atoms. The van der Waals surface area contributed by atoms with Crippen molar-refractivity contribution in [2.75, 3.05) is 5.33 Å². The van der Waals surface area contributed by atoms with Gasteiger partial charge in [-0.05, 0) is 42.9 Å². The zero-order valence-corrected chi connectivity index (χ0v) is 13.5. The van der Waals surface area contributed by atoms with Gasteiger partial charge in [0.05, 0.1) is 0 Å². The number of aryl methyl sites for hydroxylation is 2. The van der Waals surface area contributed by atoms with E-state index in [1.807, 2.05) is 0 Å². The highest BCUT2D eigenvalue weighted by Crippen LogP contribution is 2.34. The fraction of sp³-hybridized carbons (Fsp3) is 0.571. The van der Waals surface area contributed by atoms with Crippen LogP contribution in [0.5, 0.6) is 0 Å². The minimum Gasteiger partial charge on any atom is -0.0921 e. The Balaban J connectivity index is 3.03. The van der Waals surface area contributed by atoms with Gasteiger partial charge in [-0.15, -0.1) is 0 Å². The fourth-order valence-corrected chi connectivity index (χ4v) is 3.46. The van der Waals surface area contributed by atoms with Crippen molar-refractivity contribution in [3.8, 4) is 0 Å². The van der Waals surface area contributed by atoms with Gasteiger partial charge < -0.3 is 0 Å². The van der Waals surface area contributed by atoms with Crippen molar-refractivity contribution in [2.24, 2.45) is 0 Å². The lowest BCUT2D eigenvalue weighted by Gasteiger charge is -2.20. The van der Waals surface area contributed by atoms with Crippen LogP contribution in [-0.2, 0) is 0 Å². The van der Waals surface area contributed by atoms with Crippen LogP contribution in [0.25, 0.3) is 0 Å². The number of hydrogen-bond donors (Lipinski definition) is 0. The Labute approximate surface area is 116 Å². The molecule has 0 saturated carbocycles. The number of halogens is 2. The SMILES string of the molecule is CCCCC(CBr)c1c(C)ccc(C)c1Br. The van der Waals surface area contributed by atoms with Gasteiger partial charge >= 0.3 is 0 Å². The highest BCUT2D eigenvalue weighted by molar-refractivity contribution is 9.10. The van der Waals surface area contributed by atoms with Crippen molar-refractivity contribution >= 4 is 31.9 Å². The maximum absolute atomic E-state index is 3.74. The zero-order valence-electron chi connectivity index (χ0n) is 10.3. The van der Waals surface area contributed by atoms with Gasteiger partial charge in [0.25, 0.3) is 0 Å². The average molecular weight is 348 g/mol. The van der Waals surface area contributed by atoms with Gasteiger partial charge in [-0.2, -0.15) is 0 Å². The van der Waals surface area contributed by atoms with Crippen LogP contribution in [0.4, 0.5) is 0 Å². The number of rotatable bonds is 5. The summed E-state index contributed by atoms with van der Waals surface area (Å²) in [5.41, 5.74) is 4.23. The molecule has 0 N–H and O–H groups in total. The zero-order chi connectivity index (χ0) is 12.1. The van der Waals surface area contributed by atoms with Gasteiger partial charge in [-0.25, -0.2) is 0 Å². The van der Waals surface area contributed by atoms with Crippen LogP contribution in [0.2, 0.25) is 0 Å². The van der Waals surface area contributed by atoms with Crippen LogP contribution in [-0.4, -0.2) is 5.33 Å². The third-order valence-corrected chi connectivity index (χ3v) is 4.93. The highest BCUT2D eigenvalue weighted by atomic mass is 79.9. The maximum atomic E-state index is 3.74. The smallest absolute Gasteiger partial charge is 0.0242 e. The number of alkyl halides is 1.